The van der Waals surface area contributed by atoms with Crippen molar-refractivity contribution < 1.29 is 9.21 Å². The van der Waals surface area contributed by atoms with Crippen LogP contribution >= 0.6 is 0 Å². The topological polar surface area (TPSA) is 93.3 Å². The Kier molecular flexibility index (Phi) is 4.00. The van der Waals surface area contributed by atoms with Crippen LogP contribution in [0.25, 0.3) is 0 Å². The normalized spacial score (nSPS) is 12.9. The van der Waals surface area contributed by atoms with Crippen molar-refractivity contribution in [2.75, 3.05) is 11.4 Å². The first-order valence-corrected chi connectivity index (χ1v) is 8.26. The molecule has 26 heavy (non-hydrogen) atoms. The number of hydrogen-bond acceptors (Lipinski definition) is 6. The molecule has 0 atom stereocenters. The Morgan fingerprint density at radius 2 is 2.00 bits per heavy atom. The lowest BCUT2D eigenvalue weighted by Crippen LogP contribution is -2.34. The zero-order chi connectivity index (χ0) is 18.1. The predicted octanol–water partition coefficient (Wildman–Crippen LogP) is 1.62. The highest BCUT2D eigenvalue weighted by atomic mass is 16.3. The predicted molar refractivity (Wildman–Crippen MR) is 94.4 cm³/mol. The summed E-state index contributed by atoms with van der Waals surface area (Å²) >= 11 is 0. The second-order valence-corrected chi connectivity index (χ2v) is 6.05. The van der Waals surface area contributed by atoms with Gasteiger partial charge in [0.2, 0.25) is 11.6 Å². The maximum atomic E-state index is 12.6. The molecule has 1 amide bonds. The van der Waals surface area contributed by atoms with Crippen molar-refractivity contribution in [1.29, 1.82) is 0 Å². The minimum Gasteiger partial charge on any atom is -0.467 e. The summed E-state index contributed by atoms with van der Waals surface area (Å²) in [6, 6.07) is 11.4. The Hall–Kier alpha value is -3.42. The van der Waals surface area contributed by atoms with E-state index in [9.17, 15) is 9.59 Å². The molecule has 0 bridgehead atoms. The molecule has 0 fully saturated rings. The van der Waals surface area contributed by atoms with E-state index in [0.717, 1.165) is 11.3 Å². The van der Waals surface area contributed by atoms with Gasteiger partial charge >= 0.3 is 0 Å². The fourth-order valence-electron chi connectivity index (χ4n) is 2.89. The number of aryl methyl sites for hydroxylation is 1. The molecule has 2 aromatic heterocycles. The van der Waals surface area contributed by atoms with Gasteiger partial charge in [-0.15, -0.1) is 10.2 Å². The highest BCUT2D eigenvalue weighted by Crippen LogP contribution is 2.26. The van der Waals surface area contributed by atoms with Crippen LogP contribution < -0.4 is 15.8 Å². The Balaban J connectivity index is 1.58. The van der Waals surface area contributed by atoms with Crippen molar-refractivity contribution in [1.82, 2.24) is 20.1 Å². The lowest BCUT2D eigenvalue weighted by Gasteiger charge is -2.16. The highest BCUT2D eigenvalue weighted by Gasteiger charge is 2.27. The van der Waals surface area contributed by atoms with E-state index < -0.39 is 11.5 Å². The Morgan fingerprint density at radius 1 is 1.19 bits per heavy atom. The summed E-state index contributed by atoms with van der Waals surface area (Å²) in [6.45, 7) is 3.25. The number of rotatable bonds is 4. The van der Waals surface area contributed by atoms with Crippen LogP contribution in [0, 0.1) is 6.92 Å². The fourth-order valence-corrected chi connectivity index (χ4v) is 2.89. The van der Waals surface area contributed by atoms with Crippen LogP contribution in [0.1, 0.15) is 21.8 Å². The number of anilines is 2. The van der Waals surface area contributed by atoms with Crippen LogP contribution in [-0.2, 0) is 13.1 Å². The molecule has 0 aliphatic carbocycles. The number of hydrogen-bond donors (Lipinski definition) is 1. The molecule has 1 N–H and O–H groups in total. The molecule has 1 aromatic carbocycles. The molecule has 0 spiro atoms. The number of amides is 1. The molecule has 0 saturated carbocycles. The second kappa shape index (κ2) is 6.47. The third kappa shape index (κ3) is 2.85. The summed E-state index contributed by atoms with van der Waals surface area (Å²) in [5.74, 6) is 0.475. The number of nitrogens with zero attached hydrogens (tertiary/aromatic N) is 4. The molecule has 4 rings (SSSR count). The van der Waals surface area contributed by atoms with E-state index in [2.05, 4.69) is 15.5 Å². The van der Waals surface area contributed by atoms with Crippen molar-refractivity contribution >= 4 is 17.5 Å². The van der Waals surface area contributed by atoms with Crippen LogP contribution in [-0.4, -0.2) is 27.2 Å². The van der Waals surface area contributed by atoms with Gasteiger partial charge in [0.05, 0.1) is 12.8 Å². The zero-order valence-corrected chi connectivity index (χ0v) is 14.2. The molecule has 3 aromatic rings. The molecule has 3 heterocycles. The van der Waals surface area contributed by atoms with Crippen LogP contribution in [0.15, 0.2) is 51.9 Å². The maximum absolute atomic E-state index is 12.6. The molecule has 0 saturated heterocycles. The first-order valence-electron chi connectivity index (χ1n) is 8.26. The van der Waals surface area contributed by atoms with E-state index in [-0.39, 0.29) is 12.2 Å². The first kappa shape index (κ1) is 16.1. The van der Waals surface area contributed by atoms with Crippen molar-refractivity contribution in [2.24, 2.45) is 0 Å². The van der Waals surface area contributed by atoms with Crippen LogP contribution in [0.3, 0.4) is 0 Å². The quantitative estimate of drug-likeness (QED) is 0.768. The third-order valence-corrected chi connectivity index (χ3v) is 4.28. The molecule has 8 heteroatoms. The second-order valence-electron chi connectivity index (χ2n) is 6.05. The van der Waals surface area contributed by atoms with Crippen LogP contribution in [0.4, 0.5) is 11.6 Å². The van der Waals surface area contributed by atoms with E-state index in [4.69, 9.17) is 4.42 Å². The van der Waals surface area contributed by atoms with Gasteiger partial charge in [-0.2, -0.15) is 0 Å². The fraction of sp³-hybridized carbons (Fsp3) is 0.222. The van der Waals surface area contributed by atoms with Crippen molar-refractivity contribution in [3.63, 3.8) is 0 Å². The van der Waals surface area contributed by atoms with E-state index >= 15 is 0 Å². The Morgan fingerprint density at radius 3 is 2.73 bits per heavy atom. The maximum Gasteiger partial charge on any atom is 0.286 e. The molecule has 132 valence electrons. The van der Waals surface area contributed by atoms with Gasteiger partial charge in [0, 0.05) is 18.8 Å². The van der Waals surface area contributed by atoms with Gasteiger partial charge < -0.3 is 14.6 Å². The van der Waals surface area contributed by atoms with Crippen molar-refractivity contribution in [3.8, 4) is 0 Å². The van der Waals surface area contributed by atoms with Gasteiger partial charge in [-0.1, -0.05) is 17.7 Å². The average Bonchev–Trinajstić information content (AvgIpc) is 3.31. The number of furan rings is 1. The lowest BCUT2D eigenvalue weighted by atomic mass is 10.2. The van der Waals surface area contributed by atoms with Crippen molar-refractivity contribution in [2.45, 2.75) is 20.0 Å². The van der Waals surface area contributed by atoms with E-state index in [1.54, 1.807) is 12.1 Å². The Labute approximate surface area is 149 Å². The molecule has 8 nitrogen and oxygen atoms in total. The van der Waals surface area contributed by atoms with Gasteiger partial charge in [0.1, 0.15) is 5.76 Å². The van der Waals surface area contributed by atoms with Gasteiger partial charge in [-0.3, -0.25) is 14.2 Å². The Bertz CT molecular complexity index is 993. The smallest absolute Gasteiger partial charge is 0.286 e. The SMILES string of the molecule is Cc1ccc(N2CCn3c2nnc(C(=O)NCc2ccco2)c3=O)cc1. The number of nitrogens with one attached hydrogen (secondary N) is 1. The number of fused-ring (bicyclic) bond motifs is 1. The van der Waals surface area contributed by atoms with Crippen LogP contribution in [0.5, 0.6) is 0 Å². The molecule has 0 unspecified atom stereocenters. The lowest BCUT2D eigenvalue weighted by molar-refractivity contribution is 0.0939. The standard InChI is InChI=1S/C18H17N5O3/c1-12-4-6-13(7-5-12)22-8-9-23-17(25)15(20-21-18(22)23)16(24)19-11-14-3-2-10-26-14/h2-7,10H,8-9,11H2,1H3,(H,19,24). The molecule has 1 aliphatic rings. The molecular formula is C18H17N5O3. The summed E-state index contributed by atoms with van der Waals surface area (Å²) in [5, 5.41) is 10.6. The highest BCUT2D eigenvalue weighted by molar-refractivity contribution is 5.91. The van der Waals surface area contributed by atoms with Gasteiger partial charge in [-0.05, 0) is 31.2 Å². The number of aromatic nitrogens is 3. The van der Waals surface area contributed by atoms with Gasteiger partial charge in [0.15, 0.2) is 0 Å². The monoisotopic (exact) mass is 351 g/mol. The van der Waals surface area contributed by atoms with Gasteiger partial charge in [0.25, 0.3) is 11.5 Å². The van der Waals surface area contributed by atoms with E-state index in [1.807, 2.05) is 36.1 Å². The van der Waals surface area contributed by atoms with E-state index in [1.165, 1.54) is 10.8 Å². The zero-order valence-electron chi connectivity index (χ0n) is 14.2. The number of carbonyl (C=O) groups excluding carboxylic acids is 1. The minimum absolute atomic E-state index is 0.185. The average molecular weight is 351 g/mol. The van der Waals surface area contributed by atoms with E-state index in [0.29, 0.717) is 24.8 Å². The molecular weight excluding hydrogens is 334 g/mol. The number of benzene rings is 1. The number of carbonyl (C=O) groups is 1. The van der Waals surface area contributed by atoms with Gasteiger partial charge in [-0.25, -0.2) is 0 Å². The summed E-state index contributed by atoms with van der Waals surface area (Å²) in [4.78, 5) is 26.8. The summed E-state index contributed by atoms with van der Waals surface area (Å²) in [5.41, 5.74) is 1.43. The van der Waals surface area contributed by atoms with Crippen LogP contribution in [0.2, 0.25) is 0 Å². The first-order chi connectivity index (χ1) is 12.6. The minimum atomic E-state index is -0.567. The third-order valence-electron chi connectivity index (χ3n) is 4.28. The summed E-state index contributed by atoms with van der Waals surface area (Å²) < 4.78 is 6.64. The molecule has 0 radical (unpaired) electrons. The van der Waals surface area contributed by atoms with Crippen molar-refractivity contribution in [3.05, 3.63) is 70.0 Å². The molecule has 1 aliphatic heterocycles. The summed E-state index contributed by atoms with van der Waals surface area (Å²) in [7, 11) is 0. The summed E-state index contributed by atoms with van der Waals surface area (Å²) in [6.07, 6.45) is 1.52. The largest absolute Gasteiger partial charge is 0.467 e.